The zero-order valence-electron chi connectivity index (χ0n) is 20.9. The number of hydrogen-bond acceptors (Lipinski definition) is 7. The Hall–Kier alpha value is -4.01. The van der Waals surface area contributed by atoms with E-state index in [9.17, 15) is 14.7 Å². The van der Waals surface area contributed by atoms with Gasteiger partial charge in [-0.15, -0.1) is 0 Å². The van der Waals surface area contributed by atoms with E-state index < -0.39 is 34.8 Å². The number of ketones is 1. The second-order valence-corrected chi connectivity index (χ2v) is 10.5. The summed E-state index contributed by atoms with van der Waals surface area (Å²) in [4.78, 5) is 31.6. The standard InChI is InChI=1S/C31H24BrNO6/c1-37-29(35)26-25(20-10-6-3-7-11-20)31(21-12-14-22(32)15-13-21)30(26,36)28(34)27-24(39-31)16-23(17-33-27)38-18-19-8-4-2-5-9-19/h2-17,25-26,36H,18H2,1H3. The Morgan fingerprint density at radius 3 is 2.36 bits per heavy atom. The SMILES string of the molecule is COC(=O)C1C(c2ccccc2)C2(c3ccc(Br)cc3)Oc3cc(OCc4ccccc4)cnc3C(=O)C12O. The fourth-order valence-corrected chi connectivity index (χ4v) is 6.09. The van der Waals surface area contributed by atoms with Crippen LogP contribution in [0.25, 0.3) is 0 Å². The van der Waals surface area contributed by atoms with Crippen molar-refractivity contribution < 1.29 is 28.9 Å². The molecule has 196 valence electrons. The summed E-state index contributed by atoms with van der Waals surface area (Å²) in [6.45, 7) is 0.300. The van der Waals surface area contributed by atoms with Crippen molar-refractivity contribution in [1.29, 1.82) is 0 Å². The second-order valence-electron chi connectivity index (χ2n) is 9.62. The highest BCUT2D eigenvalue weighted by atomic mass is 79.9. The van der Waals surface area contributed by atoms with Crippen LogP contribution in [0.15, 0.2) is 102 Å². The lowest BCUT2D eigenvalue weighted by atomic mass is 9.44. The van der Waals surface area contributed by atoms with Crippen molar-refractivity contribution in [3.63, 3.8) is 0 Å². The minimum atomic E-state index is -2.26. The Morgan fingerprint density at radius 1 is 1.03 bits per heavy atom. The number of pyridine rings is 1. The number of fused-ring (bicyclic) bond motifs is 2. The Balaban J connectivity index is 1.51. The molecule has 1 aliphatic carbocycles. The minimum Gasteiger partial charge on any atom is -0.487 e. The van der Waals surface area contributed by atoms with Crippen molar-refractivity contribution in [3.05, 3.63) is 124 Å². The lowest BCUT2D eigenvalue weighted by Gasteiger charge is -2.64. The van der Waals surface area contributed by atoms with Crippen LogP contribution >= 0.6 is 15.9 Å². The van der Waals surface area contributed by atoms with Crippen LogP contribution < -0.4 is 9.47 Å². The predicted octanol–water partition coefficient (Wildman–Crippen LogP) is 5.21. The lowest BCUT2D eigenvalue weighted by Crippen LogP contribution is -2.80. The van der Waals surface area contributed by atoms with E-state index in [4.69, 9.17) is 14.2 Å². The molecule has 1 aromatic heterocycles. The molecule has 4 atom stereocenters. The Bertz CT molecular complexity index is 1540. The molecule has 2 heterocycles. The molecule has 8 heteroatoms. The van der Waals surface area contributed by atoms with Gasteiger partial charge in [-0.1, -0.05) is 88.7 Å². The van der Waals surface area contributed by atoms with Gasteiger partial charge in [0.05, 0.1) is 13.3 Å². The molecule has 6 rings (SSSR count). The van der Waals surface area contributed by atoms with Gasteiger partial charge in [-0.2, -0.15) is 0 Å². The summed E-state index contributed by atoms with van der Waals surface area (Å²) in [5.41, 5.74) is -1.73. The van der Waals surface area contributed by atoms with E-state index >= 15 is 0 Å². The third kappa shape index (κ3) is 3.78. The monoisotopic (exact) mass is 585 g/mol. The molecule has 0 radical (unpaired) electrons. The number of aliphatic hydroxyl groups is 1. The molecule has 2 aliphatic rings. The first-order valence-electron chi connectivity index (χ1n) is 12.4. The number of ether oxygens (including phenoxy) is 3. The van der Waals surface area contributed by atoms with E-state index in [0.717, 1.165) is 15.6 Å². The zero-order valence-corrected chi connectivity index (χ0v) is 22.5. The van der Waals surface area contributed by atoms with E-state index in [1.54, 1.807) is 30.3 Å². The largest absolute Gasteiger partial charge is 0.487 e. The Labute approximate surface area is 233 Å². The quantitative estimate of drug-likeness (QED) is 0.310. The normalized spacial score (nSPS) is 24.9. The number of methoxy groups -OCH3 is 1. The van der Waals surface area contributed by atoms with Crippen molar-refractivity contribution >= 4 is 27.7 Å². The van der Waals surface area contributed by atoms with E-state index in [-0.39, 0.29) is 11.4 Å². The maximum absolute atomic E-state index is 14.1. The van der Waals surface area contributed by atoms with E-state index in [1.165, 1.54) is 13.3 Å². The van der Waals surface area contributed by atoms with Crippen molar-refractivity contribution in [2.45, 2.75) is 23.7 Å². The molecular weight excluding hydrogens is 562 g/mol. The van der Waals surface area contributed by atoms with Crippen LogP contribution in [0.5, 0.6) is 11.5 Å². The number of nitrogens with zero attached hydrogens (tertiary/aromatic N) is 1. The van der Waals surface area contributed by atoms with Crippen LogP contribution in [0.3, 0.4) is 0 Å². The summed E-state index contributed by atoms with van der Waals surface area (Å²) in [6.07, 6.45) is 1.42. The smallest absolute Gasteiger partial charge is 0.313 e. The van der Waals surface area contributed by atoms with Crippen molar-refractivity contribution in [2.24, 2.45) is 5.92 Å². The van der Waals surface area contributed by atoms with Gasteiger partial charge in [0, 0.05) is 16.5 Å². The summed E-state index contributed by atoms with van der Waals surface area (Å²) >= 11 is 3.45. The van der Waals surface area contributed by atoms with Crippen molar-refractivity contribution in [1.82, 2.24) is 4.98 Å². The number of aromatic nitrogens is 1. The summed E-state index contributed by atoms with van der Waals surface area (Å²) in [5.74, 6) is -2.79. The van der Waals surface area contributed by atoms with Crippen molar-refractivity contribution in [2.75, 3.05) is 7.11 Å². The maximum atomic E-state index is 14.1. The number of benzene rings is 3. The van der Waals surface area contributed by atoms with Gasteiger partial charge in [-0.25, -0.2) is 4.98 Å². The minimum absolute atomic E-state index is 0.0716. The highest BCUT2D eigenvalue weighted by Crippen LogP contribution is 2.68. The lowest BCUT2D eigenvalue weighted by molar-refractivity contribution is -0.251. The van der Waals surface area contributed by atoms with Crippen LogP contribution in [0.4, 0.5) is 0 Å². The summed E-state index contributed by atoms with van der Waals surface area (Å²) < 4.78 is 18.5. The molecule has 0 bridgehead atoms. The molecule has 1 saturated carbocycles. The topological polar surface area (TPSA) is 95.0 Å². The van der Waals surface area contributed by atoms with Crippen molar-refractivity contribution in [3.8, 4) is 11.5 Å². The molecule has 7 nitrogen and oxygen atoms in total. The van der Waals surface area contributed by atoms with E-state index in [1.807, 2.05) is 60.7 Å². The average Bonchev–Trinajstić information content (AvgIpc) is 2.97. The average molecular weight is 586 g/mol. The number of esters is 1. The fourth-order valence-electron chi connectivity index (χ4n) is 5.82. The summed E-state index contributed by atoms with van der Waals surface area (Å²) in [6, 6.07) is 27.7. The first kappa shape index (κ1) is 25.3. The van der Waals surface area contributed by atoms with Gasteiger partial charge >= 0.3 is 5.97 Å². The van der Waals surface area contributed by atoms with Gasteiger partial charge in [-0.05, 0) is 28.8 Å². The number of halogens is 1. The van der Waals surface area contributed by atoms with Crippen LogP contribution in [0.2, 0.25) is 0 Å². The molecule has 1 aliphatic heterocycles. The Morgan fingerprint density at radius 2 is 1.69 bits per heavy atom. The highest BCUT2D eigenvalue weighted by Gasteiger charge is 2.82. The molecule has 4 aromatic rings. The number of rotatable bonds is 6. The van der Waals surface area contributed by atoms with Gasteiger partial charge < -0.3 is 19.3 Å². The van der Waals surface area contributed by atoms with Crippen LogP contribution in [-0.4, -0.2) is 34.6 Å². The fraction of sp³-hybridized carbons (Fsp3) is 0.194. The first-order valence-corrected chi connectivity index (χ1v) is 13.2. The zero-order chi connectivity index (χ0) is 27.2. The van der Waals surface area contributed by atoms with Crippen LogP contribution in [0, 0.1) is 5.92 Å². The summed E-state index contributed by atoms with van der Waals surface area (Å²) in [5, 5.41) is 12.3. The maximum Gasteiger partial charge on any atom is 0.313 e. The molecule has 0 saturated heterocycles. The third-order valence-electron chi connectivity index (χ3n) is 7.58. The van der Waals surface area contributed by atoms with Gasteiger partial charge in [-0.3, -0.25) is 9.59 Å². The number of carbonyl (C=O) groups is 2. The highest BCUT2D eigenvalue weighted by molar-refractivity contribution is 9.10. The second kappa shape index (κ2) is 9.63. The van der Waals surface area contributed by atoms with E-state index in [2.05, 4.69) is 20.9 Å². The Kier molecular flexibility index (Phi) is 6.24. The third-order valence-corrected chi connectivity index (χ3v) is 8.11. The number of hydrogen-bond donors (Lipinski definition) is 1. The molecule has 39 heavy (non-hydrogen) atoms. The van der Waals surface area contributed by atoms with Crippen LogP contribution in [0.1, 0.15) is 33.1 Å². The molecule has 1 N–H and O–H groups in total. The van der Waals surface area contributed by atoms with Gasteiger partial charge in [0.2, 0.25) is 5.78 Å². The molecule has 1 fully saturated rings. The first-order chi connectivity index (χ1) is 18.9. The van der Waals surface area contributed by atoms with Gasteiger partial charge in [0.25, 0.3) is 0 Å². The van der Waals surface area contributed by atoms with Crippen LogP contribution in [-0.2, 0) is 21.7 Å². The molecular formula is C31H24BrNO6. The number of Topliss-reactive ketones (excluding diaryl/α,β-unsaturated/α-hetero) is 1. The van der Waals surface area contributed by atoms with Gasteiger partial charge in [0.1, 0.15) is 18.3 Å². The molecule has 0 spiro atoms. The van der Waals surface area contributed by atoms with E-state index in [0.29, 0.717) is 17.9 Å². The van der Waals surface area contributed by atoms with Gasteiger partial charge in [0.15, 0.2) is 22.6 Å². The molecule has 4 unspecified atom stereocenters. The summed E-state index contributed by atoms with van der Waals surface area (Å²) in [7, 11) is 1.24. The predicted molar refractivity (Wildman–Crippen MR) is 145 cm³/mol. The molecule has 3 aromatic carbocycles. The number of carbonyl (C=O) groups excluding carboxylic acids is 2. The molecule has 0 amide bonds.